The van der Waals surface area contributed by atoms with Gasteiger partial charge in [-0.1, -0.05) is 76.0 Å². The first-order chi connectivity index (χ1) is 68.5. The van der Waals surface area contributed by atoms with Crippen molar-refractivity contribution in [3.63, 3.8) is 0 Å². The molecule has 17 aromatic rings. The molecule has 0 amide bonds. The van der Waals surface area contributed by atoms with Gasteiger partial charge in [0.15, 0.2) is 5.60 Å². The first-order valence-corrected chi connectivity index (χ1v) is 45.1. The van der Waals surface area contributed by atoms with Crippen LogP contribution in [0, 0.1) is 48.4 Å². The molecule has 141 heavy (non-hydrogen) atoms. The lowest BCUT2D eigenvalue weighted by molar-refractivity contribution is 0.0764. The van der Waals surface area contributed by atoms with E-state index in [1.165, 1.54) is 35.5 Å². The molecule has 1 atom stereocenters. The van der Waals surface area contributed by atoms with Crippen LogP contribution in [0.15, 0.2) is 208 Å². The second kappa shape index (κ2) is 45.8. The molecular formula is C103H95Cl4N23O11. The fraction of sp³-hybridized carbons (Fsp3) is 0.223. The number of aliphatic hydroxyl groups is 1. The Hall–Kier alpha value is -16.3. The van der Waals surface area contributed by atoms with Crippen molar-refractivity contribution >= 4 is 136 Å². The Kier molecular flexibility index (Phi) is 32.2. The largest absolute Gasteiger partial charge is 0.497 e. The van der Waals surface area contributed by atoms with E-state index in [1.807, 2.05) is 179 Å². The van der Waals surface area contributed by atoms with E-state index in [4.69, 9.17) is 132 Å². The van der Waals surface area contributed by atoms with Crippen LogP contribution in [-0.2, 0) is 32.4 Å². The third-order valence-electron chi connectivity index (χ3n) is 22.1. The molecule has 38 heteroatoms. The molecule has 8 aromatic carbocycles. The van der Waals surface area contributed by atoms with Gasteiger partial charge in [-0.15, -0.1) is 12.8 Å². The summed E-state index contributed by atoms with van der Waals surface area (Å²) in [6.45, 7) is 3.17. The van der Waals surface area contributed by atoms with Crippen molar-refractivity contribution in [2.24, 2.45) is 26.9 Å². The number of rotatable bonds is 28. The quantitative estimate of drug-likeness (QED) is 0.0430. The van der Waals surface area contributed by atoms with Crippen LogP contribution in [-0.4, -0.2) is 210 Å². The summed E-state index contributed by atoms with van der Waals surface area (Å²) in [7, 11) is 19.7. The number of nitrogens with two attached hydrogens (primary N) is 1. The van der Waals surface area contributed by atoms with Crippen LogP contribution >= 0.6 is 46.4 Å². The third kappa shape index (κ3) is 23.4. The van der Waals surface area contributed by atoms with Gasteiger partial charge in [0.1, 0.15) is 66.1 Å². The number of anilines is 8. The zero-order chi connectivity index (χ0) is 99.4. The van der Waals surface area contributed by atoms with E-state index in [0.717, 1.165) is 103 Å². The summed E-state index contributed by atoms with van der Waals surface area (Å²) in [5.41, 5.74) is 22.6. The second-order valence-corrected chi connectivity index (χ2v) is 32.8. The zero-order valence-electron chi connectivity index (χ0n) is 78.8. The lowest BCUT2D eigenvalue weighted by Crippen LogP contribution is -2.27. The molecule has 1 aliphatic heterocycles. The smallest absolute Gasteiger partial charge is 0.217 e. The van der Waals surface area contributed by atoms with E-state index in [2.05, 4.69) is 85.8 Å². The van der Waals surface area contributed by atoms with Gasteiger partial charge in [0.25, 0.3) is 0 Å². The van der Waals surface area contributed by atoms with Crippen LogP contribution in [0.1, 0.15) is 18.7 Å². The molecule has 18 rings (SSSR count). The standard InChI is InChI=1S/C28H23Cl2N7O3.C27H27N5O4.C25H26N6O2.C23H19Cl2N5O2/c1-36-16-17(14-33-36)21-15-32-19-8-7-18(12-20(19)34-21)37(11-5-6-24-31-10-9-25(35-24)40-4)28-26(29)22(38-2)13-23(39-3)27(28)30;1-31-17-19(15-29-31)26-16-28-24-6-5-20(13-25(24)30-26)32(9-4-7-27(33)8-10-36-18-27)21-11-22(34-2)14-23(12-21)35-3;1-4-9-31(20-11-21(32-2)14-22(12-20)33-3)19-6-7-23-24(13-19)29-25(16-27-23)18-15-28-30(17-18)10-5-8-26;1-5-8-30(23-21(24)19(31-3)10-20(32-4)22(23)25)15-6-7-16-17(9-15)28-18(12-26-16)14-11-27-29(2)13-14/h7-10,12-16H,11H2,1-4H3;5-6,11-17,33H,8-10,18H2,1-3H3;1,6-7,11-17H,5,8-10,26H2,2-3H3;1,6-7,9-13H,8H2,2-4H3. The maximum atomic E-state index is 10.6. The average Bonchev–Trinajstić information content (AvgIpc) is 1.71. The Labute approximate surface area is 832 Å². The summed E-state index contributed by atoms with van der Waals surface area (Å²) in [6, 6.07) is 39.3. The molecule has 716 valence electrons. The minimum atomic E-state index is -1.12. The zero-order valence-corrected chi connectivity index (χ0v) is 81.8. The number of hydrogen-bond donors (Lipinski definition) is 2. The number of halogens is 4. The molecule has 0 spiro atoms. The van der Waals surface area contributed by atoms with Gasteiger partial charge in [-0.3, -0.25) is 38.7 Å². The summed E-state index contributed by atoms with van der Waals surface area (Å²) in [5, 5.41) is 28.9. The number of methoxy groups -OCH3 is 9. The molecule has 3 N–H and O–H groups in total. The van der Waals surface area contributed by atoms with Crippen LogP contribution in [0.25, 0.3) is 89.2 Å². The van der Waals surface area contributed by atoms with Crippen LogP contribution in [0.5, 0.6) is 51.9 Å². The van der Waals surface area contributed by atoms with Crippen molar-refractivity contribution in [1.82, 2.24) is 89.0 Å². The Balaban J connectivity index is 0.000000143. The lowest BCUT2D eigenvalue weighted by Gasteiger charge is -2.26. The minimum absolute atomic E-state index is 0.164. The van der Waals surface area contributed by atoms with E-state index in [9.17, 15) is 5.11 Å². The van der Waals surface area contributed by atoms with Gasteiger partial charge in [-0.2, -0.15) is 25.4 Å². The fourth-order valence-electron chi connectivity index (χ4n) is 15.0. The van der Waals surface area contributed by atoms with Crippen LogP contribution in [0.2, 0.25) is 20.1 Å². The van der Waals surface area contributed by atoms with Crippen LogP contribution in [0.3, 0.4) is 0 Å². The van der Waals surface area contributed by atoms with Gasteiger partial charge in [0.2, 0.25) is 11.7 Å². The Bertz CT molecular complexity index is 7530. The summed E-state index contributed by atoms with van der Waals surface area (Å²) >= 11 is 26.9. The van der Waals surface area contributed by atoms with Gasteiger partial charge < -0.3 is 77.8 Å². The molecule has 1 fully saturated rings. The van der Waals surface area contributed by atoms with E-state index in [-0.39, 0.29) is 19.7 Å². The molecule has 0 bridgehead atoms. The number of nitrogens with zero attached hydrogens (tertiary/aromatic N) is 22. The monoisotopic (exact) mass is 1970 g/mol. The predicted octanol–water partition coefficient (Wildman–Crippen LogP) is 17.4. The minimum Gasteiger partial charge on any atom is -0.497 e. The number of benzene rings is 8. The Morgan fingerprint density at radius 3 is 1.13 bits per heavy atom. The molecule has 1 unspecified atom stereocenters. The molecular weight excluding hydrogens is 1880 g/mol. The summed E-state index contributed by atoms with van der Waals surface area (Å²) in [5.74, 6) is 22.7. The van der Waals surface area contributed by atoms with Crippen molar-refractivity contribution in [2.45, 2.75) is 25.0 Å². The highest BCUT2D eigenvalue weighted by Gasteiger charge is 2.31. The summed E-state index contributed by atoms with van der Waals surface area (Å²) in [4.78, 5) is 53.7. The second-order valence-electron chi connectivity index (χ2n) is 31.3. The molecule has 0 saturated carbocycles. The van der Waals surface area contributed by atoms with Crippen molar-refractivity contribution in [1.29, 1.82) is 0 Å². The number of aryl methyl sites for hydroxylation is 4. The molecule has 1 saturated heterocycles. The average molecular weight is 1970 g/mol. The molecule has 34 nitrogen and oxygen atoms in total. The van der Waals surface area contributed by atoms with Crippen molar-refractivity contribution in [2.75, 3.05) is 130 Å². The number of terminal acetylenes is 2. The highest BCUT2D eigenvalue weighted by Crippen LogP contribution is 2.51. The molecule has 0 radical (unpaired) electrons. The Morgan fingerprint density at radius 2 is 0.773 bits per heavy atom. The topological polar surface area (TPSA) is 352 Å². The van der Waals surface area contributed by atoms with Gasteiger partial charge in [-0.05, 0) is 91.7 Å². The van der Waals surface area contributed by atoms with Gasteiger partial charge in [-0.25, -0.2) is 24.9 Å². The first kappa shape index (κ1) is 99.2. The van der Waals surface area contributed by atoms with Gasteiger partial charge >= 0.3 is 0 Å². The normalized spacial score (nSPS) is 12.3. The fourth-order valence-corrected chi connectivity index (χ4v) is 16.4. The molecule has 10 heterocycles. The van der Waals surface area contributed by atoms with Gasteiger partial charge in [0.05, 0.1) is 231 Å². The highest BCUT2D eigenvalue weighted by atomic mass is 35.5. The number of hydrogen-bond acceptors (Lipinski definition) is 30. The molecule has 9 aromatic heterocycles. The molecule has 1 aliphatic rings. The van der Waals surface area contributed by atoms with E-state index in [1.54, 1.807) is 116 Å². The summed E-state index contributed by atoms with van der Waals surface area (Å²) < 4.78 is 61.2. The molecule has 0 aliphatic carbocycles. The van der Waals surface area contributed by atoms with Crippen molar-refractivity contribution < 1.29 is 52.5 Å². The maximum absolute atomic E-state index is 10.6. The van der Waals surface area contributed by atoms with Crippen LogP contribution < -0.4 is 68.0 Å². The third-order valence-corrected chi connectivity index (χ3v) is 23.6. The van der Waals surface area contributed by atoms with Gasteiger partial charge in [0, 0.05) is 176 Å². The Morgan fingerprint density at radius 1 is 0.404 bits per heavy atom. The maximum Gasteiger partial charge on any atom is 0.217 e. The van der Waals surface area contributed by atoms with E-state index in [0.29, 0.717) is 155 Å². The van der Waals surface area contributed by atoms with Crippen molar-refractivity contribution in [3.05, 3.63) is 234 Å². The van der Waals surface area contributed by atoms with Crippen LogP contribution in [0.4, 0.5) is 45.5 Å². The number of ether oxygens (including phenoxy) is 10. The van der Waals surface area contributed by atoms with E-state index < -0.39 is 5.60 Å². The number of fused-ring (bicyclic) bond motifs is 4. The van der Waals surface area contributed by atoms with Crippen molar-refractivity contribution in [3.8, 4) is 145 Å². The highest BCUT2D eigenvalue weighted by molar-refractivity contribution is 6.42. The predicted molar refractivity (Wildman–Crippen MR) is 547 cm³/mol. The SMILES string of the molecule is C#CCN(c1cc(OC)cc(OC)c1)c1ccc2ncc(-c3cnn(CCCN)c3)nc2c1.C#CCN(c1ccc2ncc(-c3cnn(C)c3)nc2c1)c1c(Cl)c(OC)cc(OC)c1Cl.COc1cc(OC)cc(N(CC#CC2(O)CCOC2)c2ccc3ncc(-c4cnn(C)c4)nc3c2)c1.COc1ccnc(C#CCN(c2ccc3ncc(-c4cnn(C)c4)nc3c2)c2c(Cl)c(OC)cc(OC)c2Cl)n1. The lowest BCUT2D eigenvalue weighted by atomic mass is 10.1. The van der Waals surface area contributed by atoms with E-state index >= 15 is 0 Å². The first-order valence-electron chi connectivity index (χ1n) is 43.6. The number of aromatic nitrogens is 18. The summed E-state index contributed by atoms with van der Waals surface area (Å²) in [6.07, 6.45) is 35.9.